The molecule has 0 saturated heterocycles. The molecule has 218 valence electrons. The van der Waals surface area contributed by atoms with E-state index in [1.807, 2.05) is 0 Å². The minimum Gasteiger partial charge on any atom is -0.396 e. The van der Waals surface area contributed by atoms with E-state index in [4.69, 9.17) is 19.7 Å². The molecule has 0 spiro atoms. The van der Waals surface area contributed by atoms with Crippen molar-refractivity contribution in [1.29, 1.82) is 0 Å². The summed E-state index contributed by atoms with van der Waals surface area (Å²) in [6.07, 6.45) is -15.0. The van der Waals surface area contributed by atoms with E-state index in [0.717, 1.165) is 0 Å². The molecule has 2 atom stereocenters. The van der Waals surface area contributed by atoms with Crippen molar-refractivity contribution in [1.82, 2.24) is 0 Å². The molecule has 4 N–H and O–H groups in total. The highest BCUT2D eigenvalue weighted by Gasteiger charge is 2.52. The zero-order valence-corrected chi connectivity index (χ0v) is 19.8. The maximum atomic E-state index is 13.5. The molecule has 0 aliphatic carbocycles. The summed E-state index contributed by atoms with van der Waals surface area (Å²) < 4.78 is 106. The Labute approximate surface area is 205 Å². The maximum Gasteiger partial charge on any atom is 0.495 e. The van der Waals surface area contributed by atoms with Crippen LogP contribution in [-0.4, -0.2) is 117 Å². The minimum absolute atomic E-state index is 0.0407. The van der Waals surface area contributed by atoms with Gasteiger partial charge in [0.05, 0.1) is 39.1 Å². The van der Waals surface area contributed by atoms with Crippen molar-refractivity contribution in [3.05, 3.63) is 0 Å². The van der Waals surface area contributed by atoms with Crippen molar-refractivity contribution >= 4 is 0 Å². The zero-order chi connectivity index (χ0) is 27.5. The molecular weight excluding hydrogens is 514 g/mol. The Morgan fingerprint density at radius 1 is 0.556 bits per heavy atom. The fraction of sp³-hybridized carbons (Fsp3) is 1.00. The van der Waals surface area contributed by atoms with Crippen LogP contribution in [0.3, 0.4) is 0 Å². The third-order valence-electron chi connectivity index (χ3n) is 4.02. The SMILES string of the molecule is OCCCCCC(O)COCC(F)(F)OC(F)(F)OC(F)(F)COCCOCC(O)COCCCO. The third-order valence-corrected chi connectivity index (χ3v) is 4.02. The minimum atomic E-state index is -5.40. The fourth-order valence-corrected chi connectivity index (χ4v) is 2.46. The van der Waals surface area contributed by atoms with Crippen LogP contribution >= 0.6 is 0 Å². The van der Waals surface area contributed by atoms with Gasteiger partial charge in [0.1, 0.15) is 19.3 Å². The van der Waals surface area contributed by atoms with Crippen molar-refractivity contribution in [2.75, 3.05) is 66.1 Å². The fourth-order valence-electron chi connectivity index (χ4n) is 2.46. The summed E-state index contributed by atoms with van der Waals surface area (Å²) in [5.41, 5.74) is 0. The predicted octanol–water partition coefficient (Wildman–Crippen LogP) is 1.48. The molecule has 0 aromatic rings. The Hall–Kier alpha value is -0.820. The average molecular weight is 550 g/mol. The van der Waals surface area contributed by atoms with Gasteiger partial charge in [-0.3, -0.25) is 0 Å². The molecule has 16 heteroatoms. The number of aliphatic hydroxyl groups excluding tert-OH is 4. The molecule has 0 heterocycles. The van der Waals surface area contributed by atoms with Crippen molar-refractivity contribution in [3.8, 4) is 0 Å². The molecule has 0 fully saturated rings. The first-order chi connectivity index (χ1) is 16.8. The molecular formula is C20H36F6O10. The number of alkyl halides is 6. The van der Waals surface area contributed by atoms with Crippen LogP contribution in [-0.2, 0) is 28.4 Å². The Morgan fingerprint density at radius 3 is 1.64 bits per heavy atom. The van der Waals surface area contributed by atoms with E-state index in [-0.39, 0.29) is 46.1 Å². The number of hydrogen-bond acceptors (Lipinski definition) is 10. The summed E-state index contributed by atoms with van der Waals surface area (Å²) in [5, 5.41) is 36.2. The largest absolute Gasteiger partial charge is 0.495 e. The summed E-state index contributed by atoms with van der Waals surface area (Å²) in [6, 6.07) is 0. The highest BCUT2D eigenvalue weighted by atomic mass is 19.3. The average Bonchev–Trinajstić information content (AvgIpc) is 2.75. The molecule has 0 aromatic carbocycles. The zero-order valence-electron chi connectivity index (χ0n) is 19.8. The van der Waals surface area contributed by atoms with Crippen LogP contribution in [0.4, 0.5) is 26.3 Å². The van der Waals surface area contributed by atoms with Crippen LogP contribution in [0.2, 0.25) is 0 Å². The van der Waals surface area contributed by atoms with Crippen molar-refractivity contribution < 1.29 is 75.2 Å². The van der Waals surface area contributed by atoms with Gasteiger partial charge in [-0.15, -0.1) is 8.78 Å². The van der Waals surface area contributed by atoms with Crippen LogP contribution in [0.1, 0.15) is 32.1 Å². The van der Waals surface area contributed by atoms with E-state index in [1.165, 1.54) is 0 Å². The number of aliphatic hydroxyl groups is 4. The van der Waals surface area contributed by atoms with Gasteiger partial charge in [0.15, 0.2) is 0 Å². The van der Waals surface area contributed by atoms with Crippen LogP contribution in [0, 0.1) is 0 Å². The second kappa shape index (κ2) is 19.3. The van der Waals surface area contributed by atoms with Crippen molar-refractivity contribution in [2.24, 2.45) is 0 Å². The number of rotatable bonds is 25. The third kappa shape index (κ3) is 21.3. The summed E-state index contributed by atoms with van der Waals surface area (Å²) >= 11 is 0. The molecule has 2 unspecified atom stereocenters. The Morgan fingerprint density at radius 2 is 1.06 bits per heavy atom. The first-order valence-electron chi connectivity index (χ1n) is 11.2. The molecule has 0 radical (unpaired) electrons. The molecule has 0 aliphatic heterocycles. The standard InChI is InChI=1S/C20H36F6O10/c21-18(22,14-33-10-9-32-13-17(30)12-31-8-4-7-28)35-20(25,26)36-19(23,24)15-34-11-16(29)5-2-1-3-6-27/h16-17,27-30H,1-15H2. The second-order valence-electron chi connectivity index (χ2n) is 7.62. The lowest BCUT2D eigenvalue weighted by Gasteiger charge is -2.26. The van der Waals surface area contributed by atoms with Gasteiger partial charge in [0.2, 0.25) is 0 Å². The molecule has 10 nitrogen and oxygen atoms in total. The Bertz CT molecular complexity index is 533. The quantitative estimate of drug-likeness (QED) is 0.0752. The smallest absolute Gasteiger partial charge is 0.396 e. The predicted molar refractivity (Wildman–Crippen MR) is 110 cm³/mol. The monoisotopic (exact) mass is 550 g/mol. The number of ether oxygens (including phenoxy) is 6. The van der Waals surface area contributed by atoms with Gasteiger partial charge < -0.3 is 39.4 Å². The van der Waals surface area contributed by atoms with E-state index >= 15 is 0 Å². The Kier molecular flexibility index (Phi) is 18.8. The van der Waals surface area contributed by atoms with Gasteiger partial charge in [0, 0.05) is 19.8 Å². The first kappa shape index (κ1) is 35.2. The van der Waals surface area contributed by atoms with Crippen LogP contribution in [0.25, 0.3) is 0 Å². The lowest BCUT2D eigenvalue weighted by atomic mass is 10.1. The summed E-state index contributed by atoms with van der Waals surface area (Å²) in [4.78, 5) is 0. The van der Waals surface area contributed by atoms with Crippen LogP contribution in [0.15, 0.2) is 0 Å². The molecule has 0 saturated carbocycles. The summed E-state index contributed by atoms with van der Waals surface area (Å²) in [6.45, 7) is -5.17. The van der Waals surface area contributed by atoms with Crippen LogP contribution < -0.4 is 0 Å². The van der Waals surface area contributed by atoms with E-state index in [9.17, 15) is 36.6 Å². The number of hydrogen-bond donors (Lipinski definition) is 4. The lowest BCUT2D eigenvalue weighted by Crippen LogP contribution is -2.44. The number of unbranched alkanes of at least 4 members (excludes halogenated alkanes) is 2. The van der Waals surface area contributed by atoms with Crippen molar-refractivity contribution in [3.63, 3.8) is 0 Å². The van der Waals surface area contributed by atoms with Gasteiger partial charge in [-0.05, 0) is 19.3 Å². The second-order valence-corrected chi connectivity index (χ2v) is 7.62. The van der Waals surface area contributed by atoms with E-state index in [2.05, 4.69) is 18.9 Å². The molecule has 36 heavy (non-hydrogen) atoms. The normalized spacial score (nSPS) is 14.8. The Balaban J connectivity index is 4.14. The van der Waals surface area contributed by atoms with Gasteiger partial charge in [-0.2, -0.15) is 17.6 Å². The molecule has 0 amide bonds. The molecule has 0 rings (SSSR count). The summed E-state index contributed by atoms with van der Waals surface area (Å²) in [5.74, 6) is 0. The van der Waals surface area contributed by atoms with Gasteiger partial charge in [0.25, 0.3) is 0 Å². The lowest BCUT2D eigenvalue weighted by molar-refractivity contribution is -0.518. The van der Waals surface area contributed by atoms with E-state index < -0.39 is 57.1 Å². The highest BCUT2D eigenvalue weighted by Crippen LogP contribution is 2.33. The van der Waals surface area contributed by atoms with E-state index in [1.54, 1.807) is 0 Å². The number of halogens is 6. The topological polar surface area (TPSA) is 136 Å². The van der Waals surface area contributed by atoms with E-state index in [0.29, 0.717) is 25.7 Å². The summed E-state index contributed by atoms with van der Waals surface area (Å²) in [7, 11) is 0. The first-order valence-corrected chi connectivity index (χ1v) is 11.2. The molecule has 0 aromatic heterocycles. The van der Waals surface area contributed by atoms with Gasteiger partial charge in [-0.25, -0.2) is 9.47 Å². The highest BCUT2D eigenvalue weighted by molar-refractivity contribution is 4.59. The van der Waals surface area contributed by atoms with Gasteiger partial charge >= 0.3 is 18.5 Å². The molecule has 0 bridgehead atoms. The van der Waals surface area contributed by atoms with Crippen molar-refractivity contribution in [2.45, 2.75) is 62.8 Å². The molecule has 0 aliphatic rings. The van der Waals surface area contributed by atoms with Gasteiger partial charge in [-0.1, -0.05) is 12.8 Å². The maximum absolute atomic E-state index is 13.5. The van der Waals surface area contributed by atoms with Crippen LogP contribution in [0.5, 0.6) is 0 Å².